The van der Waals surface area contributed by atoms with Crippen LogP contribution < -0.4 is 0 Å². The highest BCUT2D eigenvalue weighted by Gasteiger charge is 2.25. The molecule has 0 saturated heterocycles. The zero-order valence-corrected chi connectivity index (χ0v) is 41.8. The molecular formula is C53H104NO8+. The third-order valence-corrected chi connectivity index (χ3v) is 12.1. The summed E-state index contributed by atoms with van der Waals surface area (Å²) in [4.78, 5) is 37.2. The highest BCUT2D eigenvalue weighted by atomic mass is 16.7. The molecule has 0 saturated carbocycles. The van der Waals surface area contributed by atoms with Gasteiger partial charge in [0.25, 0.3) is 6.29 Å². The van der Waals surface area contributed by atoms with Crippen molar-refractivity contribution >= 4 is 17.9 Å². The number of unbranched alkanes of at least 4 members (excludes halogenated alkanes) is 35. The Morgan fingerprint density at radius 3 is 1.03 bits per heavy atom. The van der Waals surface area contributed by atoms with Gasteiger partial charge in [-0.05, 0) is 12.8 Å². The van der Waals surface area contributed by atoms with Gasteiger partial charge in [0.05, 0.1) is 34.4 Å². The van der Waals surface area contributed by atoms with Gasteiger partial charge in [0.1, 0.15) is 13.2 Å². The summed E-state index contributed by atoms with van der Waals surface area (Å²) in [5.41, 5.74) is 0. The van der Waals surface area contributed by atoms with Gasteiger partial charge in [-0.25, -0.2) is 4.79 Å². The Kier molecular flexibility index (Phi) is 44.6. The standard InChI is InChI=1S/C53H103NO8/c1-6-8-10-12-14-16-18-19-20-21-22-23-24-25-26-27-28-29-30-31-32-33-34-36-38-40-42-44-51(56)62-49(48-61-53(52(57)58)59-46-45-54(3,4)5)47-60-50(55)43-41-39-37-35-17-15-13-11-9-7-2/h49,53H,6-48H2,1-5H3/p+1. The highest BCUT2D eigenvalue weighted by molar-refractivity contribution is 5.71. The fraction of sp³-hybridized carbons (Fsp3) is 0.943. The Hall–Kier alpha value is -1.71. The molecular weight excluding hydrogens is 779 g/mol. The van der Waals surface area contributed by atoms with Crippen molar-refractivity contribution in [3.63, 3.8) is 0 Å². The number of carbonyl (C=O) groups is 3. The molecule has 0 aliphatic heterocycles. The lowest BCUT2D eigenvalue weighted by Crippen LogP contribution is -2.40. The van der Waals surface area contributed by atoms with Gasteiger partial charge in [-0.3, -0.25) is 9.59 Å². The molecule has 0 aliphatic carbocycles. The third kappa shape index (κ3) is 46.3. The molecule has 0 rings (SSSR count). The molecule has 0 amide bonds. The lowest BCUT2D eigenvalue weighted by molar-refractivity contribution is -0.870. The maximum atomic E-state index is 12.8. The first-order valence-corrected chi connectivity index (χ1v) is 26.7. The van der Waals surface area contributed by atoms with E-state index in [0.717, 1.165) is 38.5 Å². The first-order chi connectivity index (χ1) is 30.1. The molecule has 0 heterocycles. The average Bonchev–Trinajstić information content (AvgIpc) is 3.23. The molecule has 62 heavy (non-hydrogen) atoms. The van der Waals surface area contributed by atoms with Crippen LogP contribution in [0.5, 0.6) is 0 Å². The van der Waals surface area contributed by atoms with Crippen molar-refractivity contribution in [1.82, 2.24) is 0 Å². The number of nitrogens with zero attached hydrogens (tertiary/aromatic N) is 1. The number of aliphatic carboxylic acids is 1. The van der Waals surface area contributed by atoms with Crippen LogP contribution >= 0.6 is 0 Å². The largest absolute Gasteiger partial charge is 0.477 e. The van der Waals surface area contributed by atoms with Gasteiger partial charge >= 0.3 is 17.9 Å². The molecule has 0 spiro atoms. The van der Waals surface area contributed by atoms with Gasteiger partial charge in [-0.15, -0.1) is 0 Å². The molecule has 0 bridgehead atoms. The number of esters is 2. The normalized spacial score (nSPS) is 12.7. The summed E-state index contributed by atoms with van der Waals surface area (Å²) in [6, 6.07) is 0. The van der Waals surface area contributed by atoms with Crippen LogP contribution in [0.1, 0.15) is 264 Å². The Bertz CT molecular complexity index is 985. The SMILES string of the molecule is CCCCCCCCCCCCCCCCCCCCCCCCCCCCCC(=O)OC(COC(=O)CCCCCCCCCCCC)COC(OCC[N+](C)(C)C)C(=O)O. The molecule has 2 unspecified atom stereocenters. The average molecular weight is 883 g/mol. The second-order valence-electron chi connectivity index (χ2n) is 19.6. The van der Waals surface area contributed by atoms with Crippen LogP contribution in [0.3, 0.4) is 0 Å². The Balaban J connectivity index is 4.09. The Morgan fingerprint density at radius 2 is 0.726 bits per heavy atom. The third-order valence-electron chi connectivity index (χ3n) is 12.1. The number of carbonyl (C=O) groups excluding carboxylic acids is 2. The molecule has 9 heteroatoms. The fourth-order valence-corrected chi connectivity index (χ4v) is 7.96. The van der Waals surface area contributed by atoms with Crippen LogP contribution in [0.2, 0.25) is 0 Å². The van der Waals surface area contributed by atoms with Gasteiger partial charge in [0.2, 0.25) is 0 Å². The summed E-state index contributed by atoms with van der Waals surface area (Å²) in [6.07, 6.45) is 46.2. The maximum absolute atomic E-state index is 12.8. The summed E-state index contributed by atoms with van der Waals surface area (Å²) in [6.45, 7) is 4.91. The van der Waals surface area contributed by atoms with Crippen LogP contribution in [0.4, 0.5) is 0 Å². The molecule has 0 radical (unpaired) electrons. The van der Waals surface area contributed by atoms with Crippen molar-refractivity contribution in [2.75, 3.05) is 47.5 Å². The minimum absolute atomic E-state index is 0.174. The molecule has 0 aliphatic rings. The number of rotatable bonds is 50. The summed E-state index contributed by atoms with van der Waals surface area (Å²) < 4.78 is 22.8. The van der Waals surface area contributed by atoms with Gasteiger partial charge in [-0.2, -0.15) is 0 Å². The summed E-state index contributed by atoms with van der Waals surface area (Å²) in [7, 11) is 5.97. The predicted molar refractivity (Wildman–Crippen MR) is 258 cm³/mol. The van der Waals surface area contributed by atoms with Gasteiger partial charge in [0, 0.05) is 12.8 Å². The molecule has 0 aromatic heterocycles. The predicted octanol–water partition coefficient (Wildman–Crippen LogP) is 14.8. The van der Waals surface area contributed by atoms with E-state index in [4.69, 9.17) is 18.9 Å². The molecule has 2 atom stereocenters. The number of hydrogen-bond acceptors (Lipinski definition) is 7. The van der Waals surface area contributed by atoms with E-state index in [1.54, 1.807) is 0 Å². The van der Waals surface area contributed by atoms with E-state index in [1.165, 1.54) is 199 Å². The molecule has 0 aromatic rings. The molecule has 0 aromatic carbocycles. The molecule has 1 N–H and O–H groups in total. The second-order valence-corrected chi connectivity index (χ2v) is 19.6. The van der Waals surface area contributed by atoms with Crippen LogP contribution in [0.25, 0.3) is 0 Å². The van der Waals surface area contributed by atoms with E-state index >= 15 is 0 Å². The van der Waals surface area contributed by atoms with Crippen molar-refractivity contribution in [2.24, 2.45) is 0 Å². The number of likely N-dealkylation sites (N-methyl/N-ethyl adjacent to an activating group) is 1. The number of ether oxygens (including phenoxy) is 4. The van der Waals surface area contributed by atoms with Crippen LogP contribution in [-0.4, -0.2) is 87.4 Å². The topological polar surface area (TPSA) is 108 Å². The van der Waals surface area contributed by atoms with Gasteiger partial charge < -0.3 is 28.5 Å². The number of carboxylic acid groups (broad SMARTS) is 1. The fourth-order valence-electron chi connectivity index (χ4n) is 7.96. The summed E-state index contributed by atoms with van der Waals surface area (Å²) in [5.74, 6) is -1.98. The van der Waals surface area contributed by atoms with Crippen LogP contribution in [0, 0.1) is 0 Å². The Morgan fingerprint density at radius 1 is 0.419 bits per heavy atom. The van der Waals surface area contributed by atoms with E-state index in [1.807, 2.05) is 21.1 Å². The monoisotopic (exact) mass is 883 g/mol. The van der Waals surface area contributed by atoms with Crippen molar-refractivity contribution < 1.29 is 42.9 Å². The molecule has 368 valence electrons. The summed E-state index contributed by atoms with van der Waals surface area (Å²) >= 11 is 0. The van der Waals surface area contributed by atoms with Crippen LogP contribution in [-0.2, 0) is 33.3 Å². The zero-order valence-electron chi connectivity index (χ0n) is 41.8. The van der Waals surface area contributed by atoms with Crippen molar-refractivity contribution in [1.29, 1.82) is 0 Å². The maximum Gasteiger partial charge on any atom is 0.361 e. The van der Waals surface area contributed by atoms with E-state index in [-0.39, 0.29) is 38.2 Å². The van der Waals surface area contributed by atoms with Crippen molar-refractivity contribution in [3.8, 4) is 0 Å². The van der Waals surface area contributed by atoms with Crippen molar-refractivity contribution in [3.05, 3.63) is 0 Å². The smallest absolute Gasteiger partial charge is 0.361 e. The zero-order chi connectivity index (χ0) is 45.6. The molecule has 0 fully saturated rings. The highest BCUT2D eigenvalue weighted by Crippen LogP contribution is 2.17. The second kappa shape index (κ2) is 45.8. The van der Waals surface area contributed by atoms with Gasteiger partial charge in [0.15, 0.2) is 6.10 Å². The minimum atomic E-state index is -1.50. The van der Waals surface area contributed by atoms with Crippen LogP contribution in [0.15, 0.2) is 0 Å². The van der Waals surface area contributed by atoms with E-state index < -0.39 is 18.4 Å². The van der Waals surface area contributed by atoms with Gasteiger partial charge in [-0.1, -0.05) is 239 Å². The molecule has 9 nitrogen and oxygen atoms in total. The van der Waals surface area contributed by atoms with E-state index in [9.17, 15) is 19.5 Å². The van der Waals surface area contributed by atoms with E-state index in [0.29, 0.717) is 17.4 Å². The van der Waals surface area contributed by atoms with E-state index in [2.05, 4.69) is 13.8 Å². The Labute approximate surface area is 383 Å². The lowest BCUT2D eigenvalue weighted by Gasteiger charge is -2.25. The van der Waals surface area contributed by atoms with Crippen molar-refractivity contribution in [2.45, 2.75) is 277 Å². The lowest BCUT2D eigenvalue weighted by atomic mass is 10.0. The summed E-state index contributed by atoms with van der Waals surface area (Å²) in [5, 5.41) is 9.65. The first kappa shape index (κ1) is 60.3. The first-order valence-electron chi connectivity index (χ1n) is 26.7. The minimum Gasteiger partial charge on any atom is -0.477 e. The number of hydrogen-bond donors (Lipinski definition) is 1. The number of quaternary nitrogens is 1. The quantitative estimate of drug-likeness (QED) is 0.0278. The number of carboxylic acids is 1.